The number of ether oxygens (including phenoxy) is 3. The summed E-state index contributed by atoms with van der Waals surface area (Å²) < 4.78 is 16.2. The quantitative estimate of drug-likeness (QED) is 0.700. The number of pyridine rings is 1. The fourth-order valence-electron chi connectivity index (χ4n) is 2.38. The van der Waals surface area contributed by atoms with Crippen molar-refractivity contribution in [3.8, 4) is 17.2 Å². The lowest BCUT2D eigenvalue weighted by Crippen LogP contribution is -2.23. The van der Waals surface area contributed by atoms with E-state index in [-0.39, 0.29) is 0 Å². The Kier molecular flexibility index (Phi) is 5.86. The van der Waals surface area contributed by atoms with Crippen LogP contribution in [0.2, 0.25) is 0 Å². The van der Waals surface area contributed by atoms with E-state index in [0.717, 1.165) is 11.4 Å². The Morgan fingerprint density at radius 3 is 2.26 bits per heavy atom. The first-order valence-corrected chi connectivity index (χ1v) is 7.29. The molecule has 0 amide bonds. The van der Waals surface area contributed by atoms with E-state index in [4.69, 9.17) is 14.2 Å². The van der Waals surface area contributed by atoms with E-state index in [0.29, 0.717) is 30.3 Å². The second kappa shape index (κ2) is 8.08. The summed E-state index contributed by atoms with van der Waals surface area (Å²) in [6.07, 6.45) is 3.63. The summed E-state index contributed by atoms with van der Waals surface area (Å²) >= 11 is 0. The monoisotopic (exact) mass is 314 g/mol. The van der Waals surface area contributed by atoms with Gasteiger partial charge < -0.3 is 19.1 Å². The molecule has 5 heteroatoms. The van der Waals surface area contributed by atoms with Crippen LogP contribution in [-0.2, 0) is 6.54 Å². The minimum absolute atomic E-state index is 0.590. The molecule has 1 heterocycles. The second-order valence-electron chi connectivity index (χ2n) is 4.89. The lowest BCUT2D eigenvalue weighted by atomic mass is 10.1. The predicted molar refractivity (Wildman–Crippen MR) is 91.6 cm³/mol. The van der Waals surface area contributed by atoms with Gasteiger partial charge in [-0.25, -0.2) is 4.98 Å². The average Bonchev–Trinajstić information content (AvgIpc) is 2.61. The fourth-order valence-corrected chi connectivity index (χ4v) is 2.38. The Bertz CT molecular complexity index is 619. The van der Waals surface area contributed by atoms with Crippen molar-refractivity contribution in [2.75, 3.05) is 32.8 Å². The van der Waals surface area contributed by atoms with Crippen LogP contribution >= 0.6 is 0 Å². The molecule has 2 aromatic rings. The summed E-state index contributed by atoms with van der Waals surface area (Å²) in [4.78, 5) is 6.52. The second-order valence-corrected chi connectivity index (χ2v) is 4.89. The van der Waals surface area contributed by atoms with E-state index >= 15 is 0 Å². The molecule has 5 nitrogen and oxygen atoms in total. The molecule has 0 radical (unpaired) electrons. The lowest BCUT2D eigenvalue weighted by molar-refractivity contribution is 0.324. The van der Waals surface area contributed by atoms with Gasteiger partial charge in [0.25, 0.3) is 0 Å². The predicted octanol–water partition coefficient (Wildman–Crippen LogP) is 3.30. The van der Waals surface area contributed by atoms with Gasteiger partial charge in [-0.1, -0.05) is 12.1 Å². The van der Waals surface area contributed by atoms with Crippen LogP contribution in [0.4, 0.5) is 5.82 Å². The van der Waals surface area contributed by atoms with E-state index in [1.54, 1.807) is 27.5 Å². The SMILES string of the molecule is C=CCN(Cc1cc(OC)c(OC)c(OC)c1)c1ccccn1. The van der Waals surface area contributed by atoms with Gasteiger partial charge in [0.15, 0.2) is 11.5 Å². The van der Waals surface area contributed by atoms with E-state index in [1.807, 2.05) is 36.4 Å². The number of hydrogen-bond donors (Lipinski definition) is 0. The molecule has 0 unspecified atom stereocenters. The minimum atomic E-state index is 0.590. The fraction of sp³-hybridized carbons (Fsp3) is 0.278. The van der Waals surface area contributed by atoms with Gasteiger partial charge in [-0.3, -0.25) is 0 Å². The topological polar surface area (TPSA) is 43.8 Å². The summed E-state index contributed by atoms with van der Waals surface area (Å²) in [5.41, 5.74) is 1.03. The first-order valence-electron chi connectivity index (χ1n) is 7.29. The summed E-state index contributed by atoms with van der Waals surface area (Å²) in [6, 6.07) is 9.73. The van der Waals surface area contributed by atoms with E-state index in [1.165, 1.54) is 0 Å². The summed E-state index contributed by atoms with van der Waals surface area (Å²) in [5.74, 6) is 2.76. The van der Waals surface area contributed by atoms with Crippen LogP contribution in [0.3, 0.4) is 0 Å². The van der Waals surface area contributed by atoms with Crippen molar-refractivity contribution in [3.63, 3.8) is 0 Å². The molecule has 0 saturated heterocycles. The van der Waals surface area contributed by atoms with Crippen molar-refractivity contribution in [2.24, 2.45) is 0 Å². The van der Waals surface area contributed by atoms with E-state index < -0.39 is 0 Å². The molecule has 2 rings (SSSR count). The van der Waals surface area contributed by atoms with Crippen LogP contribution in [0.1, 0.15) is 5.56 Å². The van der Waals surface area contributed by atoms with Crippen molar-refractivity contribution < 1.29 is 14.2 Å². The zero-order chi connectivity index (χ0) is 16.7. The largest absolute Gasteiger partial charge is 0.493 e. The standard InChI is InChI=1S/C18H22N2O3/c1-5-10-20(17-8-6-7-9-19-17)13-14-11-15(21-2)18(23-4)16(12-14)22-3/h5-9,11-12H,1,10,13H2,2-4H3. The summed E-state index contributed by atoms with van der Waals surface area (Å²) in [5, 5.41) is 0. The van der Waals surface area contributed by atoms with Crippen LogP contribution in [0.25, 0.3) is 0 Å². The summed E-state index contributed by atoms with van der Waals surface area (Å²) in [6.45, 7) is 5.16. The molecule has 0 aliphatic carbocycles. The molecule has 1 aromatic heterocycles. The minimum Gasteiger partial charge on any atom is -0.493 e. The highest BCUT2D eigenvalue weighted by Crippen LogP contribution is 2.38. The van der Waals surface area contributed by atoms with Gasteiger partial charge in [0.2, 0.25) is 5.75 Å². The van der Waals surface area contributed by atoms with Gasteiger partial charge >= 0.3 is 0 Å². The van der Waals surface area contributed by atoms with E-state index in [9.17, 15) is 0 Å². The van der Waals surface area contributed by atoms with E-state index in [2.05, 4.69) is 16.5 Å². The maximum Gasteiger partial charge on any atom is 0.203 e. The first kappa shape index (κ1) is 16.7. The normalized spacial score (nSPS) is 10.0. The van der Waals surface area contributed by atoms with Crippen LogP contribution in [-0.4, -0.2) is 32.9 Å². The highest BCUT2D eigenvalue weighted by Gasteiger charge is 2.15. The Labute approximate surface area is 137 Å². The number of aromatic nitrogens is 1. The molecule has 122 valence electrons. The first-order chi connectivity index (χ1) is 11.2. The van der Waals surface area contributed by atoms with Crippen LogP contribution < -0.4 is 19.1 Å². The van der Waals surface area contributed by atoms with Gasteiger partial charge in [0.1, 0.15) is 5.82 Å². The molecular weight excluding hydrogens is 292 g/mol. The molecule has 1 aromatic carbocycles. The van der Waals surface area contributed by atoms with Crippen molar-refractivity contribution in [1.82, 2.24) is 4.98 Å². The molecule has 23 heavy (non-hydrogen) atoms. The van der Waals surface area contributed by atoms with Gasteiger partial charge in [0.05, 0.1) is 21.3 Å². The molecule has 0 saturated carbocycles. The number of methoxy groups -OCH3 is 3. The lowest BCUT2D eigenvalue weighted by Gasteiger charge is -2.23. The number of anilines is 1. The average molecular weight is 314 g/mol. The van der Waals surface area contributed by atoms with Crippen molar-refractivity contribution in [1.29, 1.82) is 0 Å². The Morgan fingerprint density at radius 2 is 1.78 bits per heavy atom. The van der Waals surface area contributed by atoms with Crippen LogP contribution in [0, 0.1) is 0 Å². The van der Waals surface area contributed by atoms with Crippen LogP contribution in [0.15, 0.2) is 49.2 Å². The number of nitrogens with zero attached hydrogens (tertiary/aromatic N) is 2. The third-order valence-corrected chi connectivity index (χ3v) is 3.42. The third-order valence-electron chi connectivity index (χ3n) is 3.42. The van der Waals surface area contributed by atoms with Gasteiger partial charge in [-0.15, -0.1) is 6.58 Å². The van der Waals surface area contributed by atoms with Gasteiger partial charge in [0, 0.05) is 19.3 Å². The highest BCUT2D eigenvalue weighted by molar-refractivity contribution is 5.54. The molecule has 0 spiro atoms. The number of rotatable bonds is 8. The Morgan fingerprint density at radius 1 is 1.09 bits per heavy atom. The molecule has 0 aliphatic rings. The smallest absolute Gasteiger partial charge is 0.203 e. The number of benzene rings is 1. The van der Waals surface area contributed by atoms with Gasteiger partial charge in [-0.05, 0) is 29.8 Å². The number of hydrogen-bond acceptors (Lipinski definition) is 5. The molecule has 0 bridgehead atoms. The van der Waals surface area contributed by atoms with Crippen molar-refractivity contribution in [2.45, 2.75) is 6.54 Å². The van der Waals surface area contributed by atoms with Gasteiger partial charge in [-0.2, -0.15) is 0 Å². The molecule has 0 atom stereocenters. The molecular formula is C18H22N2O3. The Hall–Kier alpha value is -2.69. The Balaban J connectivity index is 2.34. The molecule has 0 fully saturated rings. The zero-order valence-electron chi connectivity index (χ0n) is 13.8. The zero-order valence-corrected chi connectivity index (χ0v) is 13.8. The van der Waals surface area contributed by atoms with Crippen LogP contribution in [0.5, 0.6) is 17.2 Å². The van der Waals surface area contributed by atoms with Crippen molar-refractivity contribution >= 4 is 5.82 Å². The van der Waals surface area contributed by atoms with Crippen molar-refractivity contribution in [3.05, 3.63) is 54.7 Å². The highest BCUT2D eigenvalue weighted by atomic mass is 16.5. The maximum absolute atomic E-state index is 5.41. The molecule has 0 N–H and O–H groups in total. The molecule has 0 aliphatic heterocycles. The summed E-state index contributed by atoms with van der Waals surface area (Å²) in [7, 11) is 4.82. The third kappa shape index (κ3) is 3.94. The maximum atomic E-state index is 5.41.